The van der Waals surface area contributed by atoms with E-state index in [4.69, 9.17) is 10.5 Å². The van der Waals surface area contributed by atoms with Crippen LogP contribution in [0.15, 0.2) is 30.3 Å². The molecule has 0 aromatic heterocycles. The molecule has 1 fully saturated rings. The van der Waals surface area contributed by atoms with Crippen molar-refractivity contribution < 1.29 is 4.74 Å². The van der Waals surface area contributed by atoms with Gasteiger partial charge in [0.2, 0.25) is 0 Å². The lowest BCUT2D eigenvalue weighted by Gasteiger charge is -2.31. The first kappa shape index (κ1) is 10.5. The highest BCUT2D eigenvalue weighted by Crippen LogP contribution is 2.47. The zero-order valence-electron chi connectivity index (χ0n) is 9.49. The van der Waals surface area contributed by atoms with Crippen LogP contribution < -0.4 is 10.5 Å². The smallest absolute Gasteiger partial charge is 0.119 e. The molecule has 2 N–H and O–H groups in total. The van der Waals surface area contributed by atoms with Gasteiger partial charge in [-0.15, -0.1) is 0 Å². The van der Waals surface area contributed by atoms with Crippen LogP contribution in [0.25, 0.3) is 0 Å². The van der Waals surface area contributed by atoms with Crippen molar-refractivity contribution in [3.63, 3.8) is 0 Å². The first-order valence-corrected chi connectivity index (χ1v) is 5.50. The molecular formula is C13H19NO. The van der Waals surface area contributed by atoms with Crippen molar-refractivity contribution >= 4 is 0 Å². The summed E-state index contributed by atoms with van der Waals surface area (Å²) < 4.78 is 5.76. The number of nitrogens with two attached hydrogens (primary N) is 1. The minimum absolute atomic E-state index is 0.00177. The van der Waals surface area contributed by atoms with Crippen molar-refractivity contribution in [2.45, 2.75) is 32.2 Å². The molecule has 0 aliphatic heterocycles. The molecule has 0 bridgehead atoms. The standard InChI is InChI=1S/C13H19NO/c1-12(2,13(14)8-9-13)10-15-11-6-4-3-5-7-11/h3-7H,8-10,14H2,1-2H3. The van der Waals surface area contributed by atoms with Gasteiger partial charge >= 0.3 is 0 Å². The van der Waals surface area contributed by atoms with Crippen molar-refractivity contribution in [1.82, 2.24) is 0 Å². The van der Waals surface area contributed by atoms with Gasteiger partial charge in [-0.25, -0.2) is 0 Å². The first-order chi connectivity index (χ1) is 7.04. The van der Waals surface area contributed by atoms with Crippen LogP contribution in [0, 0.1) is 5.41 Å². The highest BCUT2D eigenvalue weighted by atomic mass is 16.5. The molecule has 0 heterocycles. The number of rotatable bonds is 4. The summed E-state index contributed by atoms with van der Waals surface area (Å²) in [5, 5.41) is 0. The first-order valence-electron chi connectivity index (χ1n) is 5.50. The Kier molecular flexibility index (Phi) is 2.47. The molecule has 15 heavy (non-hydrogen) atoms. The predicted molar refractivity (Wildman–Crippen MR) is 61.9 cm³/mol. The largest absolute Gasteiger partial charge is 0.493 e. The van der Waals surface area contributed by atoms with E-state index >= 15 is 0 Å². The lowest BCUT2D eigenvalue weighted by Crippen LogP contribution is -2.43. The van der Waals surface area contributed by atoms with E-state index in [-0.39, 0.29) is 11.0 Å². The van der Waals surface area contributed by atoms with Gasteiger partial charge in [0.15, 0.2) is 0 Å². The maximum Gasteiger partial charge on any atom is 0.119 e. The molecule has 0 saturated heterocycles. The van der Waals surface area contributed by atoms with Crippen molar-refractivity contribution in [1.29, 1.82) is 0 Å². The summed E-state index contributed by atoms with van der Waals surface area (Å²) in [6.07, 6.45) is 2.25. The minimum atomic E-state index is 0.00177. The molecule has 1 aliphatic rings. The third kappa shape index (κ3) is 2.15. The Bertz CT molecular complexity index is 328. The predicted octanol–water partition coefficient (Wildman–Crippen LogP) is 2.58. The van der Waals surface area contributed by atoms with Crippen LogP contribution >= 0.6 is 0 Å². The van der Waals surface area contributed by atoms with Crippen LogP contribution in [0.2, 0.25) is 0 Å². The number of benzene rings is 1. The van der Waals surface area contributed by atoms with Crippen LogP contribution in [0.4, 0.5) is 0 Å². The van der Waals surface area contributed by atoms with Crippen LogP contribution in [0.1, 0.15) is 26.7 Å². The Morgan fingerprint density at radius 3 is 2.40 bits per heavy atom. The van der Waals surface area contributed by atoms with Crippen molar-refractivity contribution in [2.24, 2.45) is 11.1 Å². The lowest BCUT2D eigenvalue weighted by molar-refractivity contribution is 0.139. The van der Waals surface area contributed by atoms with Gasteiger partial charge in [0.25, 0.3) is 0 Å². The molecule has 2 heteroatoms. The van der Waals surface area contributed by atoms with Gasteiger partial charge in [0.1, 0.15) is 5.75 Å². The molecule has 1 aliphatic carbocycles. The molecular weight excluding hydrogens is 186 g/mol. The summed E-state index contributed by atoms with van der Waals surface area (Å²) >= 11 is 0. The fourth-order valence-electron chi connectivity index (χ4n) is 1.74. The number of para-hydroxylation sites is 1. The maximum atomic E-state index is 6.21. The molecule has 0 radical (unpaired) electrons. The zero-order chi connectivity index (χ0) is 10.9. The van der Waals surface area contributed by atoms with E-state index in [2.05, 4.69) is 13.8 Å². The Labute approximate surface area is 91.4 Å². The van der Waals surface area contributed by atoms with Crippen LogP contribution in [-0.4, -0.2) is 12.1 Å². The molecule has 2 nitrogen and oxygen atoms in total. The van der Waals surface area contributed by atoms with Crippen LogP contribution in [0.5, 0.6) is 5.75 Å². The number of hydrogen-bond donors (Lipinski definition) is 1. The fourth-order valence-corrected chi connectivity index (χ4v) is 1.74. The van der Waals surface area contributed by atoms with E-state index in [1.165, 1.54) is 0 Å². The summed E-state index contributed by atoms with van der Waals surface area (Å²) in [7, 11) is 0. The molecule has 0 atom stereocenters. The topological polar surface area (TPSA) is 35.2 Å². The molecule has 82 valence electrons. The fraction of sp³-hybridized carbons (Fsp3) is 0.538. The van der Waals surface area contributed by atoms with Gasteiger partial charge < -0.3 is 10.5 Å². The molecule has 1 aromatic rings. The zero-order valence-corrected chi connectivity index (χ0v) is 9.49. The summed E-state index contributed by atoms with van der Waals surface area (Å²) in [6.45, 7) is 5.05. The van der Waals surface area contributed by atoms with Crippen molar-refractivity contribution in [2.75, 3.05) is 6.61 Å². The Morgan fingerprint density at radius 2 is 1.87 bits per heavy atom. The van der Waals surface area contributed by atoms with Gasteiger partial charge in [-0.3, -0.25) is 0 Å². The summed E-state index contributed by atoms with van der Waals surface area (Å²) in [5.74, 6) is 0.926. The highest BCUT2D eigenvalue weighted by molar-refractivity contribution is 5.21. The third-order valence-electron chi connectivity index (χ3n) is 3.48. The second kappa shape index (κ2) is 3.53. The van der Waals surface area contributed by atoms with Crippen molar-refractivity contribution in [3.8, 4) is 5.75 Å². The van der Waals surface area contributed by atoms with E-state index in [9.17, 15) is 0 Å². The summed E-state index contributed by atoms with van der Waals surface area (Å²) in [6, 6.07) is 9.91. The second-order valence-corrected chi connectivity index (χ2v) is 5.14. The maximum absolute atomic E-state index is 6.21. The molecule has 1 aromatic carbocycles. The van der Waals surface area contributed by atoms with E-state index in [1.54, 1.807) is 0 Å². The Hall–Kier alpha value is -1.02. The molecule has 0 amide bonds. The summed E-state index contributed by atoms with van der Waals surface area (Å²) in [4.78, 5) is 0. The number of hydrogen-bond acceptors (Lipinski definition) is 2. The minimum Gasteiger partial charge on any atom is -0.493 e. The van der Waals surface area contributed by atoms with Gasteiger partial charge in [-0.1, -0.05) is 32.0 Å². The average molecular weight is 205 g/mol. The van der Waals surface area contributed by atoms with Gasteiger partial charge in [0, 0.05) is 11.0 Å². The second-order valence-electron chi connectivity index (χ2n) is 5.14. The highest BCUT2D eigenvalue weighted by Gasteiger charge is 2.51. The molecule has 0 unspecified atom stereocenters. The van der Waals surface area contributed by atoms with Gasteiger partial charge in [-0.2, -0.15) is 0 Å². The Balaban J connectivity index is 1.93. The third-order valence-corrected chi connectivity index (χ3v) is 3.48. The van der Waals surface area contributed by atoms with Crippen molar-refractivity contribution in [3.05, 3.63) is 30.3 Å². The Morgan fingerprint density at radius 1 is 1.27 bits per heavy atom. The van der Waals surface area contributed by atoms with Gasteiger partial charge in [-0.05, 0) is 25.0 Å². The number of ether oxygens (including phenoxy) is 1. The molecule has 1 saturated carbocycles. The van der Waals surface area contributed by atoms with Crippen LogP contribution in [0.3, 0.4) is 0 Å². The monoisotopic (exact) mass is 205 g/mol. The SMILES string of the molecule is CC(C)(COc1ccccc1)C1(N)CC1. The van der Waals surface area contributed by atoms with E-state index < -0.39 is 0 Å². The summed E-state index contributed by atoms with van der Waals surface area (Å²) in [5.41, 5.74) is 6.27. The van der Waals surface area contributed by atoms with E-state index in [1.807, 2.05) is 30.3 Å². The lowest BCUT2D eigenvalue weighted by atomic mass is 9.83. The van der Waals surface area contributed by atoms with E-state index in [0.717, 1.165) is 18.6 Å². The van der Waals surface area contributed by atoms with Gasteiger partial charge in [0.05, 0.1) is 6.61 Å². The quantitative estimate of drug-likeness (QED) is 0.820. The van der Waals surface area contributed by atoms with E-state index in [0.29, 0.717) is 6.61 Å². The average Bonchev–Trinajstić information content (AvgIpc) is 2.97. The molecule has 2 rings (SSSR count). The normalized spacial score (nSPS) is 18.6. The molecule has 0 spiro atoms. The van der Waals surface area contributed by atoms with Crippen LogP contribution in [-0.2, 0) is 0 Å².